The summed E-state index contributed by atoms with van der Waals surface area (Å²) in [6.45, 7) is 3.56. The maximum Gasteiger partial charge on any atom is 0.220 e. The molecule has 100 valence electrons. The average Bonchev–Trinajstić information content (AvgIpc) is 2.31. The normalized spacial score (nSPS) is 11.3. The third-order valence-electron chi connectivity index (χ3n) is 2.68. The van der Waals surface area contributed by atoms with Crippen LogP contribution in [-0.4, -0.2) is 23.2 Å². The zero-order valence-electron chi connectivity index (χ0n) is 10.9. The van der Waals surface area contributed by atoms with Gasteiger partial charge in [-0.15, -0.1) is 0 Å². The molecule has 0 fully saturated rings. The molecule has 2 N–H and O–H groups in total. The average molecular weight is 314 g/mol. The van der Waals surface area contributed by atoms with Gasteiger partial charge < -0.3 is 10.4 Å². The van der Waals surface area contributed by atoms with Crippen molar-refractivity contribution in [1.29, 1.82) is 0 Å². The van der Waals surface area contributed by atoms with Crippen molar-refractivity contribution in [2.75, 3.05) is 6.61 Å². The molecule has 0 aliphatic heterocycles. The minimum absolute atomic E-state index is 0.0129. The van der Waals surface area contributed by atoms with E-state index in [1.165, 1.54) is 5.56 Å². The lowest BCUT2D eigenvalue weighted by atomic mass is 10.1. The molecule has 1 aromatic carbocycles. The molecule has 0 spiro atoms. The van der Waals surface area contributed by atoms with Crippen LogP contribution >= 0.6 is 15.9 Å². The van der Waals surface area contributed by atoms with Crippen molar-refractivity contribution < 1.29 is 9.90 Å². The first kappa shape index (κ1) is 15.2. The smallest absolute Gasteiger partial charge is 0.220 e. The Kier molecular flexibility index (Phi) is 5.82. The van der Waals surface area contributed by atoms with Gasteiger partial charge in [-0.2, -0.15) is 0 Å². The molecule has 0 radical (unpaired) electrons. The number of halogens is 1. The first-order valence-corrected chi connectivity index (χ1v) is 6.89. The molecule has 0 aliphatic carbocycles. The standard InChI is InChI=1S/C14H20BrNO2/c1-14(2,10-17)16-13(18)9-5-7-11-6-3-4-8-12(11)15/h3-4,6,8,17H,5,7,9-10H2,1-2H3,(H,16,18). The summed E-state index contributed by atoms with van der Waals surface area (Å²) in [5, 5.41) is 11.9. The van der Waals surface area contributed by atoms with Crippen LogP contribution in [0.1, 0.15) is 32.3 Å². The summed E-state index contributed by atoms with van der Waals surface area (Å²) in [5.41, 5.74) is 0.677. The van der Waals surface area contributed by atoms with Crippen LogP contribution in [0.15, 0.2) is 28.7 Å². The van der Waals surface area contributed by atoms with Gasteiger partial charge in [-0.25, -0.2) is 0 Å². The lowest BCUT2D eigenvalue weighted by molar-refractivity contribution is -0.123. The molecule has 0 atom stereocenters. The number of hydrogen-bond acceptors (Lipinski definition) is 2. The third kappa shape index (κ3) is 5.19. The van der Waals surface area contributed by atoms with Gasteiger partial charge in [0, 0.05) is 10.9 Å². The summed E-state index contributed by atoms with van der Waals surface area (Å²) < 4.78 is 1.08. The van der Waals surface area contributed by atoms with Crippen molar-refractivity contribution in [3.8, 4) is 0 Å². The quantitative estimate of drug-likeness (QED) is 0.848. The molecule has 0 heterocycles. The maximum absolute atomic E-state index is 11.7. The minimum Gasteiger partial charge on any atom is -0.394 e. The highest BCUT2D eigenvalue weighted by Crippen LogP contribution is 2.17. The Morgan fingerprint density at radius 1 is 1.39 bits per heavy atom. The van der Waals surface area contributed by atoms with Crippen LogP contribution in [0.4, 0.5) is 0 Å². The second kappa shape index (κ2) is 6.90. The molecule has 0 saturated carbocycles. The Labute approximate surface area is 117 Å². The highest BCUT2D eigenvalue weighted by atomic mass is 79.9. The molecule has 1 amide bonds. The largest absolute Gasteiger partial charge is 0.394 e. The van der Waals surface area contributed by atoms with E-state index in [1.807, 2.05) is 18.2 Å². The number of aliphatic hydroxyl groups is 1. The van der Waals surface area contributed by atoms with Crippen LogP contribution in [0, 0.1) is 0 Å². The molecule has 18 heavy (non-hydrogen) atoms. The molecule has 0 saturated heterocycles. The number of aliphatic hydroxyl groups excluding tert-OH is 1. The zero-order chi connectivity index (χ0) is 13.6. The van der Waals surface area contributed by atoms with Gasteiger partial charge in [0.2, 0.25) is 5.91 Å². The van der Waals surface area contributed by atoms with E-state index in [0.717, 1.165) is 17.3 Å². The monoisotopic (exact) mass is 313 g/mol. The van der Waals surface area contributed by atoms with Crippen LogP contribution < -0.4 is 5.32 Å². The second-order valence-electron chi connectivity index (χ2n) is 5.04. The number of rotatable bonds is 6. The zero-order valence-corrected chi connectivity index (χ0v) is 12.5. The topological polar surface area (TPSA) is 49.3 Å². The number of aryl methyl sites for hydroxylation is 1. The van der Waals surface area contributed by atoms with E-state index in [9.17, 15) is 4.79 Å². The predicted octanol–water partition coefficient (Wildman–Crippen LogP) is 2.66. The SMILES string of the molecule is CC(C)(CO)NC(=O)CCCc1ccccc1Br. The Morgan fingerprint density at radius 2 is 2.06 bits per heavy atom. The van der Waals surface area contributed by atoms with Gasteiger partial charge in [-0.1, -0.05) is 34.1 Å². The highest BCUT2D eigenvalue weighted by Gasteiger charge is 2.18. The van der Waals surface area contributed by atoms with E-state index in [4.69, 9.17) is 5.11 Å². The van der Waals surface area contributed by atoms with E-state index in [1.54, 1.807) is 13.8 Å². The molecule has 1 aromatic rings. The van der Waals surface area contributed by atoms with Crippen molar-refractivity contribution in [3.63, 3.8) is 0 Å². The van der Waals surface area contributed by atoms with E-state index in [-0.39, 0.29) is 12.5 Å². The Balaban J connectivity index is 2.34. The van der Waals surface area contributed by atoms with Gasteiger partial charge in [-0.3, -0.25) is 4.79 Å². The summed E-state index contributed by atoms with van der Waals surface area (Å²) >= 11 is 3.49. The summed E-state index contributed by atoms with van der Waals surface area (Å²) in [6.07, 6.45) is 2.15. The maximum atomic E-state index is 11.7. The number of carbonyl (C=O) groups excluding carboxylic acids is 1. The van der Waals surface area contributed by atoms with Crippen molar-refractivity contribution in [2.24, 2.45) is 0 Å². The molecular formula is C14H20BrNO2. The molecule has 4 heteroatoms. The number of nitrogens with one attached hydrogen (secondary N) is 1. The Hall–Kier alpha value is -0.870. The van der Waals surface area contributed by atoms with Gasteiger partial charge in [0.15, 0.2) is 0 Å². The van der Waals surface area contributed by atoms with E-state index in [2.05, 4.69) is 27.3 Å². The van der Waals surface area contributed by atoms with Crippen LogP contribution in [0.25, 0.3) is 0 Å². The summed E-state index contributed by atoms with van der Waals surface area (Å²) in [7, 11) is 0. The fraction of sp³-hybridized carbons (Fsp3) is 0.500. The van der Waals surface area contributed by atoms with Crippen molar-refractivity contribution in [2.45, 2.75) is 38.6 Å². The molecule has 0 bridgehead atoms. The Bertz CT molecular complexity index is 405. The molecule has 1 rings (SSSR count). The number of benzene rings is 1. The first-order valence-electron chi connectivity index (χ1n) is 6.10. The number of amides is 1. The van der Waals surface area contributed by atoms with Crippen molar-refractivity contribution in [1.82, 2.24) is 5.32 Å². The van der Waals surface area contributed by atoms with Crippen LogP contribution in [0.2, 0.25) is 0 Å². The fourth-order valence-electron chi connectivity index (χ4n) is 1.62. The fourth-order valence-corrected chi connectivity index (χ4v) is 2.10. The molecule has 0 aromatic heterocycles. The summed E-state index contributed by atoms with van der Waals surface area (Å²) in [4.78, 5) is 11.7. The van der Waals surface area contributed by atoms with Crippen LogP contribution in [0.5, 0.6) is 0 Å². The molecule has 0 unspecified atom stereocenters. The van der Waals surface area contributed by atoms with E-state index >= 15 is 0 Å². The number of carbonyl (C=O) groups is 1. The van der Waals surface area contributed by atoms with Crippen molar-refractivity contribution >= 4 is 21.8 Å². The number of hydrogen-bond donors (Lipinski definition) is 2. The molecule has 0 aliphatic rings. The van der Waals surface area contributed by atoms with E-state index < -0.39 is 5.54 Å². The van der Waals surface area contributed by atoms with Gasteiger partial charge in [0.25, 0.3) is 0 Å². The first-order chi connectivity index (χ1) is 8.44. The van der Waals surface area contributed by atoms with Gasteiger partial charge in [-0.05, 0) is 38.3 Å². The molecule has 3 nitrogen and oxygen atoms in total. The van der Waals surface area contributed by atoms with Crippen molar-refractivity contribution in [3.05, 3.63) is 34.3 Å². The Morgan fingerprint density at radius 3 is 2.67 bits per heavy atom. The lowest BCUT2D eigenvalue weighted by Gasteiger charge is -2.23. The third-order valence-corrected chi connectivity index (χ3v) is 3.45. The van der Waals surface area contributed by atoms with Crippen LogP contribution in [0.3, 0.4) is 0 Å². The predicted molar refractivity (Wildman–Crippen MR) is 76.4 cm³/mol. The highest BCUT2D eigenvalue weighted by molar-refractivity contribution is 9.10. The summed E-state index contributed by atoms with van der Waals surface area (Å²) in [6, 6.07) is 8.03. The lowest BCUT2D eigenvalue weighted by Crippen LogP contribution is -2.46. The van der Waals surface area contributed by atoms with Gasteiger partial charge in [0.05, 0.1) is 12.1 Å². The second-order valence-corrected chi connectivity index (χ2v) is 5.89. The van der Waals surface area contributed by atoms with Crippen LogP contribution in [-0.2, 0) is 11.2 Å². The minimum atomic E-state index is -0.537. The summed E-state index contributed by atoms with van der Waals surface area (Å²) in [5.74, 6) is -0.0129. The molecular weight excluding hydrogens is 294 g/mol. The van der Waals surface area contributed by atoms with E-state index in [0.29, 0.717) is 6.42 Å². The van der Waals surface area contributed by atoms with Gasteiger partial charge in [0.1, 0.15) is 0 Å². The van der Waals surface area contributed by atoms with Gasteiger partial charge >= 0.3 is 0 Å².